The minimum Gasteiger partial charge on any atom is -0.492 e. The van der Waals surface area contributed by atoms with Crippen LogP contribution in [0, 0.1) is 29.1 Å². The van der Waals surface area contributed by atoms with Crippen molar-refractivity contribution in [1.29, 1.82) is 0 Å². The highest BCUT2D eigenvalue weighted by molar-refractivity contribution is 7.14. The topological polar surface area (TPSA) is 170 Å². The van der Waals surface area contributed by atoms with E-state index in [0.717, 1.165) is 94.7 Å². The van der Waals surface area contributed by atoms with Crippen molar-refractivity contribution in [2.75, 3.05) is 51.3 Å². The van der Waals surface area contributed by atoms with Gasteiger partial charge in [-0.25, -0.2) is 9.97 Å². The first kappa shape index (κ1) is 43.9. The molecule has 3 aromatic rings. The lowest BCUT2D eigenvalue weighted by Gasteiger charge is -2.29. The van der Waals surface area contributed by atoms with Crippen LogP contribution in [-0.2, 0) is 28.7 Å². The van der Waals surface area contributed by atoms with Gasteiger partial charge < -0.3 is 34.3 Å². The molecule has 5 heterocycles. The van der Waals surface area contributed by atoms with E-state index in [4.69, 9.17) is 28.9 Å². The lowest BCUT2D eigenvalue weighted by atomic mass is 9.90. The number of rotatable bonds is 13. The molecule has 0 bridgehead atoms. The molecule has 63 heavy (non-hydrogen) atoms. The number of amides is 1. The van der Waals surface area contributed by atoms with E-state index in [2.05, 4.69) is 24.1 Å². The van der Waals surface area contributed by atoms with Crippen molar-refractivity contribution < 1.29 is 43.2 Å². The molecule has 6 fully saturated rings. The highest BCUT2D eigenvalue weighted by atomic mass is 32.1. The van der Waals surface area contributed by atoms with Crippen LogP contribution in [-0.4, -0.2) is 119 Å². The Morgan fingerprint density at radius 2 is 1.75 bits per heavy atom. The van der Waals surface area contributed by atoms with E-state index in [-0.39, 0.29) is 61.5 Å². The average molecular weight is 886 g/mol. The van der Waals surface area contributed by atoms with Gasteiger partial charge in [0.05, 0.1) is 48.8 Å². The Labute approximate surface area is 373 Å². The molecule has 340 valence electrons. The number of ether oxygens (including phenoxy) is 4. The number of carboxylic acid groups (broad SMARTS) is 1. The van der Waals surface area contributed by atoms with Gasteiger partial charge in [0.25, 0.3) is 0 Å². The van der Waals surface area contributed by atoms with Gasteiger partial charge in [-0.05, 0) is 82.3 Å². The summed E-state index contributed by atoms with van der Waals surface area (Å²) in [5, 5.41) is 17.3. The van der Waals surface area contributed by atoms with Crippen molar-refractivity contribution in [3.8, 4) is 22.9 Å². The number of ketones is 1. The number of anilines is 1. The minimum absolute atomic E-state index is 0.0365. The normalized spacial score (nSPS) is 30.2. The fourth-order valence-electron chi connectivity index (χ4n) is 10.7. The SMILES string of the molecule is CC(C)Nc1nc(-c2cc(O[C@@H]3C[C@H]4C(=O)C[C@]5(C(=O)O)C[C@H]5CCCCCCC[C@H](CC(=O)OC5C[C@@H]6C[C@@H]6C5)C(=O)N4C3)c3ccc(OCCN4CCOCC4)cc3n2)cs1. The van der Waals surface area contributed by atoms with Gasteiger partial charge >= 0.3 is 11.9 Å². The Balaban J connectivity index is 0.993. The monoisotopic (exact) mass is 885 g/mol. The van der Waals surface area contributed by atoms with Gasteiger partial charge in [0, 0.05) is 67.3 Å². The van der Waals surface area contributed by atoms with Crippen molar-refractivity contribution in [2.24, 2.45) is 29.1 Å². The number of carbonyl (C=O) groups is 4. The molecule has 1 unspecified atom stereocenters. The Kier molecular flexibility index (Phi) is 13.2. The first-order valence-corrected chi connectivity index (χ1v) is 24.4. The molecule has 2 aromatic heterocycles. The second-order valence-electron chi connectivity index (χ2n) is 19.4. The van der Waals surface area contributed by atoms with Crippen molar-refractivity contribution in [3.05, 3.63) is 29.6 Å². The van der Waals surface area contributed by atoms with E-state index >= 15 is 0 Å². The van der Waals surface area contributed by atoms with Crippen molar-refractivity contribution in [1.82, 2.24) is 19.8 Å². The molecule has 0 spiro atoms. The van der Waals surface area contributed by atoms with Crippen LogP contribution in [0.25, 0.3) is 22.3 Å². The molecule has 1 amide bonds. The summed E-state index contributed by atoms with van der Waals surface area (Å²) in [7, 11) is 0. The van der Waals surface area contributed by atoms with E-state index in [1.165, 1.54) is 17.8 Å². The third-order valence-electron chi connectivity index (χ3n) is 14.4. The number of carbonyl (C=O) groups excluding carboxylic acids is 3. The van der Waals surface area contributed by atoms with Crippen LogP contribution < -0.4 is 14.8 Å². The number of carboxylic acids is 1. The zero-order valence-corrected chi connectivity index (χ0v) is 37.6. The molecule has 1 aromatic carbocycles. The fourth-order valence-corrected chi connectivity index (χ4v) is 11.6. The Bertz CT molecular complexity index is 2150. The summed E-state index contributed by atoms with van der Waals surface area (Å²) in [5.74, 6) is 0.0172. The third kappa shape index (κ3) is 10.3. The number of aromatic nitrogens is 2. The lowest BCUT2D eigenvalue weighted by molar-refractivity contribution is -0.154. The maximum atomic E-state index is 14.8. The van der Waals surface area contributed by atoms with Gasteiger partial charge in [0.15, 0.2) is 10.9 Å². The molecule has 14 nitrogen and oxygen atoms in total. The first-order valence-electron chi connectivity index (χ1n) is 23.5. The Hall–Kier alpha value is -4.34. The first-order chi connectivity index (χ1) is 30.5. The highest BCUT2D eigenvalue weighted by Crippen LogP contribution is 2.58. The number of nitrogens with one attached hydrogen (secondary N) is 1. The van der Waals surface area contributed by atoms with Crippen molar-refractivity contribution in [2.45, 2.75) is 128 Å². The minimum atomic E-state index is -1.11. The van der Waals surface area contributed by atoms with E-state index in [9.17, 15) is 24.3 Å². The molecule has 3 saturated heterocycles. The van der Waals surface area contributed by atoms with Crippen molar-refractivity contribution in [3.63, 3.8) is 0 Å². The van der Waals surface area contributed by atoms with Crippen LogP contribution in [0.2, 0.25) is 0 Å². The number of aliphatic carboxylic acids is 1. The van der Waals surface area contributed by atoms with Gasteiger partial charge in [0.2, 0.25) is 5.91 Å². The standard InChI is InChI=1S/C48H63N5O9S/c1-29(2)49-47-51-40(28-63-47)39-24-43(37-11-10-34(22-38(37)50-39)60-17-14-52-12-15-59-16-13-52)61-36-23-41-42(54)26-48(46(57)58)25-33(48)9-7-5-3-4-6-8-30(45(56)53(41)27-36)21-44(55)62-35-19-31-18-32(31)20-35/h10-11,22,24,28-33,35-36,41H,3-9,12-21,23,25-27H2,1-2H3,(H,49,51)(H,57,58)/t30-,31-,32+,33-,35?,36-,41+,48-/m1/s1. The van der Waals surface area contributed by atoms with E-state index < -0.39 is 29.4 Å². The van der Waals surface area contributed by atoms with Crippen LogP contribution in [0.3, 0.4) is 0 Å². The summed E-state index contributed by atoms with van der Waals surface area (Å²) in [6.45, 7) is 8.72. The number of Topliss-reactive ketones (excluding diaryl/α,β-unsaturated/α-hetero) is 1. The average Bonchev–Trinajstić information content (AvgIpc) is 3.91. The summed E-state index contributed by atoms with van der Waals surface area (Å²) in [5.41, 5.74) is 0.835. The molecule has 8 atom stereocenters. The third-order valence-corrected chi connectivity index (χ3v) is 15.2. The lowest BCUT2D eigenvalue weighted by Crippen LogP contribution is -2.45. The van der Waals surface area contributed by atoms with Gasteiger partial charge in [-0.15, -0.1) is 11.3 Å². The number of pyridine rings is 1. The Morgan fingerprint density at radius 1 is 0.968 bits per heavy atom. The van der Waals surface area contributed by atoms with E-state index in [1.54, 1.807) is 4.90 Å². The summed E-state index contributed by atoms with van der Waals surface area (Å²) < 4.78 is 24.6. The second kappa shape index (κ2) is 19.0. The van der Waals surface area contributed by atoms with Crippen LogP contribution in [0.1, 0.15) is 104 Å². The Morgan fingerprint density at radius 3 is 2.52 bits per heavy atom. The molecular weight excluding hydrogens is 823 g/mol. The zero-order chi connectivity index (χ0) is 43.7. The molecular formula is C48H63N5O9S. The van der Waals surface area contributed by atoms with Crippen LogP contribution >= 0.6 is 11.3 Å². The van der Waals surface area contributed by atoms with E-state index in [1.807, 2.05) is 29.6 Å². The fraction of sp³-hybridized carbons (Fsp3) is 0.667. The van der Waals surface area contributed by atoms with Crippen molar-refractivity contribution >= 4 is 51.0 Å². The molecule has 15 heteroatoms. The summed E-state index contributed by atoms with van der Waals surface area (Å²) >= 11 is 1.49. The number of fused-ring (bicyclic) bond motifs is 4. The van der Waals surface area contributed by atoms with Gasteiger partial charge in [-0.2, -0.15) is 0 Å². The molecule has 6 aliphatic rings. The smallest absolute Gasteiger partial charge is 0.310 e. The molecule has 3 aliphatic heterocycles. The molecule has 9 rings (SSSR count). The molecule has 0 radical (unpaired) electrons. The van der Waals surface area contributed by atoms with Crippen LogP contribution in [0.15, 0.2) is 29.6 Å². The number of hydrogen-bond donors (Lipinski definition) is 2. The predicted octanol–water partition coefficient (Wildman–Crippen LogP) is 7.38. The van der Waals surface area contributed by atoms with Crippen LogP contribution in [0.4, 0.5) is 5.13 Å². The quantitative estimate of drug-likeness (QED) is 0.163. The highest BCUT2D eigenvalue weighted by Gasteiger charge is 2.61. The molecule has 3 aliphatic carbocycles. The number of thiazole rings is 1. The molecule has 3 saturated carbocycles. The second-order valence-corrected chi connectivity index (χ2v) is 20.3. The van der Waals surface area contributed by atoms with Crippen LogP contribution in [0.5, 0.6) is 11.5 Å². The van der Waals surface area contributed by atoms with Gasteiger partial charge in [-0.3, -0.25) is 24.1 Å². The number of benzene rings is 1. The molecule has 2 N–H and O–H groups in total. The number of esters is 1. The summed E-state index contributed by atoms with van der Waals surface area (Å²) in [4.78, 5) is 69.5. The zero-order valence-electron chi connectivity index (χ0n) is 36.8. The summed E-state index contributed by atoms with van der Waals surface area (Å²) in [6.07, 6.45) is 8.72. The predicted molar refractivity (Wildman–Crippen MR) is 238 cm³/mol. The van der Waals surface area contributed by atoms with Gasteiger partial charge in [0.1, 0.15) is 36.0 Å². The largest absolute Gasteiger partial charge is 0.492 e. The summed E-state index contributed by atoms with van der Waals surface area (Å²) in [6, 6.07) is 6.94. The maximum absolute atomic E-state index is 14.8. The maximum Gasteiger partial charge on any atom is 0.310 e. The number of nitrogens with zero attached hydrogens (tertiary/aromatic N) is 4. The number of hydrogen-bond acceptors (Lipinski definition) is 13. The van der Waals surface area contributed by atoms with Gasteiger partial charge in [-0.1, -0.05) is 32.1 Å². The van der Waals surface area contributed by atoms with E-state index in [0.29, 0.717) is 59.7 Å². The number of morpholine rings is 1.